The summed E-state index contributed by atoms with van der Waals surface area (Å²) in [5.74, 6) is -0.161. The normalized spacial score (nSPS) is 11.3. The molecule has 0 bridgehead atoms. The summed E-state index contributed by atoms with van der Waals surface area (Å²) in [4.78, 5) is 15.5. The van der Waals surface area contributed by atoms with Crippen molar-refractivity contribution in [2.75, 3.05) is 13.7 Å². The second kappa shape index (κ2) is 8.20. The quantitative estimate of drug-likeness (QED) is 0.367. The first-order chi connectivity index (χ1) is 14.5. The predicted molar refractivity (Wildman–Crippen MR) is 121 cm³/mol. The lowest BCUT2D eigenvalue weighted by atomic mass is 9.95. The lowest BCUT2D eigenvalue weighted by molar-refractivity contribution is 0.0699. The molecule has 0 spiro atoms. The number of rotatable bonds is 7. The monoisotopic (exact) mass is 402 g/mol. The molecule has 4 rings (SSSR count). The van der Waals surface area contributed by atoms with Crippen LogP contribution in [0.5, 0.6) is 5.75 Å². The van der Waals surface area contributed by atoms with Crippen molar-refractivity contribution < 1.29 is 14.6 Å². The molecule has 0 unspecified atom stereocenters. The van der Waals surface area contributed by atoms with Crippen molar-refractivity contribution in [2.24, 2.45) is 5.73 Å². The number of aromatic carboxylic acids is 1. The van der Waals surface area contributed by atoms with Crippen molar-refractivity contribution >= 4 is 27.6 Å². The fourth-order valence-corrected chi connectivity index (χ4v) is 4.19. The van der Waals surface area contributed by atoms with Gasteiger partial charge in [0, 0.05) is 16.5 Å². The van der Waals surface area contributed by atoms with Gasteiger partial charge in [-0.15, -0.1) is 0 Å². The molecule has 1 aromatic heterocycles. The third kappa shape index (κ3) is 3.42. The Kier molecular flexibility index (Phi) is 5.46. The van der Waals surface area contributed by atoms with Crippen LogP contribution in [0.25, 0.3) is 32.9 Å². The van der Waals surface area contributed by atoms with E-state index in [9.17, 15) is 9.90 Å². The molecule has 0 aliphatic heterocycles. The number of nitrogens with one attached hydrogen (secondary N) is 1. The molecular formula is C25H26N2O3. The first-order valence-electron chi connectivity index (χ1n) is 10.2. The molecule has 30 heavy (non-hydrogen) atoms. The molecule has 4 aromatic rings. The summed E-state index contributed by atoms with van der Waals surface area (Å²) in [5, 5.41) is 12.8. The van der Waals surface area contributed by atoms with Gasteiger partial charge in [-0.25, -0.2) is 4.79 Å². The molecule has 154 valence electrons. The first kappa shape index (κ1) is 20.0. The maximum Gasteiger partial charge on any atom is 0.336 e. The van der Waals surface area contributed by atoms with Crippen LogP contribution in [0.3, 0.4) is 0 Å². The molecule has 0 amide bonds. The van der Waals surface area contributed by atoms with Gasteiger partial charge in [0.2, 0.25) is 0 Å². The van der Waals surface area contributed by atoms with Gasteiger partial charge in [-0.05, 0) is 72.8 Å². The minimum Gasteiger partial charge on any atom is -0.496 e. The van der Waals surface area contributed by atoms with E-state index < -0.39 is 5.97 Å². The maximum atomic E-state index is 12.0. The zero-order chi connectivity index (χ0) is 21.3. The highest BCUT2D eigenvalue weighted by Gasteiger charge is 2.22. The second-order valence-corrected chi connectivity index (χ2v) is 7.61. The topological polar surface area (TPSA) is 88.3 Å². The molecule has 4 N–H and O–H groups in total. The molecule has 5 heteroatoms. The molecule has 0 atom stereocenters. The van der Waals surface area contributed by atoms with E-state index in [1.807, 2.05) is 31.2 Å². The summed E-state index contributed by atoms with van der Waals surface area (Å²) in [6.07, 6.45) is 2.51. The second-order valence-electron chi connectivity index (χ2n) is 7.61. The van der Waals surface area contributed by atoms with E-state index in [0.29, 0.717) is 12.1 Å². The molecule has 0 radical (unpaired) electrons. The van der Waals surface area contributed by atoms with Gasteiger partial charge < -0.3 is 20.6 Å². The van der Waals surface area contributed by atoms with Crippen molar-refractivity contribution in [3.8, 4) is 17.0 Å². The van der Waals surface area contributed by atoms with Crippen LogP contribution in [0.15, 0.2) is 48.5 Å². The Bertz CT molecular complexity index is 1240. The maximum absolute atomic E-state index is 12.0. The number of carbonyl (C=O) groups is 1. The van der Waals surface area contributed by atoms with Crippen LogP contribution in [0, 0.1) is 6.92 Å². The molecule has 0 saturated carbocycles. The fourth-order valence-electron chi connectivity index (χ4n) is 4.19. The number of hydrogen-bond acceptors (Lipinski definition) is 3. The number of H-pyrrole nitrogens is 1. The number of carboxylic acid groups (broad SMARTS) is 1. The Morgan fingerprint density at radius 1 is 1.10 bits per heavy atom. The van der Waals surface area contributed by atoms with E-state index >= 15 is 0 Å². The van der Waals surface area contributed by atoms with E-state index in [2.05, 4.69) is 23.2 Å². The number of aryl methyl sites for hydroxylation is 2. The molecule has 0 fully saturated rings. The molecule has 1 heterocycles. The van der Waals surface area contributed by atoms with Crippen LogP contribution in [-0.2, 0) is 6.42 Å². The molecule has 0 saturated heterocycles. The average molecular weight is 402 g/mol. The summed E-state index contributed by atoms with van der Waals surface area (Å²) in [5.41, 5.74) is 10.8. The fraction of sp³-hybridized carbons (Fsp3) is 0.240. The number of aromatic nitrogens is 1. The predicted octanol–water partition coefficient (Wildman–Crippen LogP) is 5.28. The highest BCUT2D eigenvalue weighted by atomic mass is 16.5. The Morgan fingerprint density at radius 3 is 2.50 bits per heavy atom. The average Bonchev–Trinajstić information content (AvgIpc) is 3.13. The molecule has 3 aromatic carbocycles. The smallest absolute Gasteiger partial charge is 0.336 e. The third-order valence-corrected chi connectivity index (χ3v) is 5.72. The van der Waals surface area contributed by atoms with Gasteiger partial charge in [0.25, 0.3) is 0 Å². The van der Waals surface area contributed by atoms with Gasteiger partial charge >= 0.3 is 5.97 Å². The largest absolute Gasteiger partial charge is 0.496 e. The summed E-state index contributed by atoms with van der Waals surface area (Å²) >= 11 is 0. The highest BCUT2D eigenvalue weighted by molar-refractivity contribution is 6.08. The van der Waals surface area contributed by atoms with Gasteiger partial charge in [-0.1, -0.05) is 30.3 Å². The van der Waals surface area contributed by atoms with Crippen LogP contribution < -0.4 is 10.5 Å². The summed E-state index contributed by atoms with van der Waals surface area (Å²) in [6, 6.07) is 15.8. The van der Waals surface area contributed by atoms with Crippen molar-refractivity contribution in [1.82, 2.24) is 4.98 Å². The van der Waals surface area contributed by atoms with E-state index in [1.165, 1.54) is 0 Å². The van der Waals surface area contributed by atoms with Crippen LogP contribution in [0.2, 0.25) is 0 Å². The minimum atomic E-state index is -0.920. The number of unbranched alkanes of at least 4 members (excludes halogenated alkanes) is 1. The van der Waals surface area contributed by atoms with Gasteiger partial charge in [-0.3, -0.25) is 0 Å². The molecular weight excluding hydrogens is 376 g/mol. The Balaban J connectivity index is 2.04. The number of methoxy groups -OCH3 is 1. The highest BCUT2D eigenvalue weighted by Crippen LogP contribution is 2.40. The van der Waals surface area contributed by atoms with Crippen molar-refractivity contribution in [3.05, 3.63) is 65.2 Å². The summed E-state index contributed by atoms with van der Waals surface area (Å²) in [6.45, 7) is 2.61. The van der Waals surface area contributed by atoms with Crippen LogP contribution in [-0.4, -0.2) is 29.7 Å². The summed E-state index contributed by atoms with van der Waals surface area (Å²) in [7, 11) is 1.66. The van der Waals surface area contributed by atoms with Crippen LogP contribution >= 0.6 is 0 Å². The van der Waals surface area contributed by atoms with Gasteiger partial charge in [0.15, 0.2) is 0 Å². The molecule has 0 aliphatic carbocycles. The van der Waals surface area contributed by atoms with E-state index in [0.717, 1.165) is 69.1 Å². The standard InChI is InChI=1S/C25H26N2O3/c1-15-10-11-19(25(28)29)22-18(9-5-6-12-26)24(27-23(15)22)20-13-16-7-3-4-8-17(16)14-21(20)30-2/h3-4,7-8,10-11,13-14,27H,5-6,9,12,26H2,1-2H3,(H,28,29). The van der Waals surface area contributed by atoms with E-state index in [-0.39, 0.29) is 0 Å². The Morgan fingerprint density at radius 2 is 1.83 bits per heavy atom. The van der Waals surface area contributed by atoms with Crippen molar-refractivity contribution in [1.29, 1.82) is 0 Å². The summed E-state index contributed by atoms with van der Waals surface area (Å²) < 4.78 is 5.74. The lowest BCUT2D eigenvalue weighted by Gasteiger charge is -2.12. The van der Waals surface area contributed by atoms with Crippen LogP contribution in [0.1, 0.15) is 34.3 Å². The number of fused-ring (bicyclic) bond motifs is 2. The van der Waals surface area contributed by atoms with Gasteiger partial charge in [0.1, 0.15) is 5.75 Å². The number of benzene rings is 3. The van der Waals surface area contributed by atoms with Gasteiger partial charge in [0.05, 0.1) is 18.4 Å². The number of nitrogens with two attached hydrogens (primary N) is 1. The third-order valence-electron chi connectivity index (χ3n) is 5.72. The number of aromatic amines is 1. The number of carboxylic acids is 1. The minimum absolute atomic E-state index is 0.320. The van der Waals surface area contributed by atoms with Gasteiger partial charge in [-0.2, -0.15) is 0 Å². The first-order valence-corrected chi connectivity index (χ1v) is 10.2. The zero-order valence-corrected chi connectivity index (χ0v) is 17.3. The van der Waals surface area contributed by atoms with E-state index in [4.69, 9.17) is 10.5 Å². The number of hydrogen-bond donors (Lipinski definition) is 3. The van der Waals surface area contributed by atoms with E-state index in [1.54, 1.807) is 13.2 Å². The molecule has 0 aliphatic rings. The number of ether oxygens (including phenoxy) is 1. The SMILES string of the molecule is COc1cc2ccccc2cc1-c1[nH]c2c(C)ccc(C(=O)O)c2c1CCCCN. The molecule has 5 nitrogen and oxygen atoms in total. The van der Waals surface area contributed by atoms with Crippen molar-refractivity contribution in [3.63, 3.8) is 0 Å². The lowest BCUT2D eigenvalue weighted by Crippen LogP contribution is -2.02. The van der Waals surface area contributed by atoms with Crippen LogP contribution in [0.4, 0.5) is 0 Å². The Labute approximate surface area is 175 Å². The van der Waals surface area contributed by atoms with Crippen molar-refractivity contribution in [2.45, 2.75) is 26.2 Å². The Hall–Kier alpha value is -3.31. The zero-order valence-electron chi connectivity index (χ0n) is 17.3.